The molecule has 1 saturated carbocycles. The fraction of sp³-hybridized carbons (Fsp3) is 0.647. The van der Waals surface area contributed by atoms with E-state index in [1.54, 1.807) is 6.92 Å². The summed E-state index contributed by atoms with van der Waals surface area (Å²) in [6.07, 6.45) is -2.09. The Labute approximate surface area is 138 Å². The number of alkyl halides is 3. The molecule has 1 aromatic heterocycles. The Morgan fingerprint density at radius 2 is 1.79 bits per heavy atom. The lowest BCUT2D eigenvalue weighted by Gasteiger charge is -2.47. The molecule has 7 heteroatoms. The fourth-order valence-corrected chi connectivity index (χ4v) is 3.85. The van der Waals surface area contributed by atoms with E-state index in [0.717, 1.165) is 29.8 Å². The van der Waals surface area contributed by atoms with Crippen molar-refractivity contribution in [3.8, 4) is 0 Å². The van der Waals surface area contributed by atoms with Gasteiger partial charge in [-0.05, 0) is 36.8 Å². The maximum Gasteiger partial charge on any atom is 0.431 e. The van der Waals surface area contributed by atoms with Gasteiger partial charge in [-0.2, -0.15) is 13.2 Å². The predicted octanol–water partition coefficient (Wildman–Crippen LogP) is 2.80. The summed E-state index contributed by atoms with van der Waals surface area (Å²) in [5, 5.41) is 0. The monoisotopic (exact) mass is 342 g/mol. The lowest BCUT2D eigenvalue weighted by atomic mass is 9.71. The first-order valence-electron chi connectivity index (χ1n) is 8.36. The van der Waals surface area contributed by atoms with E-state index in [2.05, 4.69) is 4.90 Å². The average Bonchev–Trinajstić information content (AvgIpc) is 2.51. The number of rotatable bonds is 5. The number of carbonyl (C=O) groups is 1. The Balaban J connectivity index is 1.85. The highest BCUT2D eigenvalue weighted by Crippen LogP contribution is 2.39. The van der Waals surface area contributed by atoms with Gasteiger partial charge in [0.05, 0.1) is 5.56 Å². The maximum atomic E-state index is 13.2. The number of hydrogen-bond acceptors (Lipinski definition) is 3. The van der Waals surface area contributed by atoms with E-state index in [0.29, 0.717) is 18.4 Å². The highest BCUT2D eigenvalue weighted by molar-refractivity contribution is 5.95. The molecule has 1 aromatic rings. The SMILES string of the molecule is CCC(=O)c1ccc(C(F)(F)F)n(CCN2CC3CC(C3)C2)c1=O. The summed E-state index contributed by atoms with van der Waals surface area (Å²) in [5.41, 5.74) is -1.98. The number of carbonyl (C=O) groups excluding carboxylic acids is 1. The van der Waals surface area contributed by atoms with Crippen LogP contribution in [-0.2, 0) is 12.7 Å². The molecule has 0 amide bonds. The van der Waals surface area contributed by atoms with Crippen molar-refractivity contribution in [3.63, 3.8) is 0 Å². The lowest BCUT2D eigenvalue weighted by molar-refractivity contribution is -0.144. The Kier molecular flexibility index (Phi) is 4.55. The van der Waals surface area contributed by atoms with Gasteiger partial charge in [0.15, 0.2) is 5.78 Å². The van der Waals surface area contributed by atoms with Crippen LogP contribution in [0.5, 0.6) is 0 Å². The summed E-state index contributed by atoms with van der Waals surface area (Å²) in [4.78, 5) is 26.3. The van der Waals surface area contributed by atoms with Gasteiger partial charge >= 0.3 is 6.18 Å². The Morgan fingerprint density at radius 1 is 1.17 bits per heavy atom. The van der Waals surface area contributed by atoms with Crippen LogP contribution in [0.15, 0.2) is 16.9 Å². The van der Waals surface area contributed by atoms with Crippen molar-refractivity contribution in [1.82, 2.24) is 9.47 Å². The van der Waals surface area contributed by atoms with Crippen LogP contribution >= 0.6 is 0 Å². The van der Waals surface area contributed by atoms with E-state index < -0.39 is 23.2 Å². The molecule has 2 aliphatic heterocycles. The molecule has 0 N–H and O–H groups in total. The van der Waals surface area contributed by atoms with Crippen molar-refractivity contribution in [2.75, 3.05) is 19.6 Å². The van der Waals surface area contributed by atoms with E-state index in [-0.39, 0.29) is 18.5 Å². The second-order valence-electron chi connectivity index (χ2n) is 6.83. The van der Waals surface area contributed by atoms with Gasteiger partial charge in [-0.3, -0.25) is 9.59 Å². The molecule has 0 unspecified atom stereocenters. The third kappa shape index (κ3) is 3.27. The summed E-state index contributed by atoms with van der Waals surface area (Å²) >= 11 is 0. The topological polar surface area (TPSA) is 42.3 Å². The van der Waals surface area contributed by atoms with Crippen molar-refractivity contribution in [1.29, 1.82) is 0 Å². The van der Waals surface area contributed by atoms with Gasteiger partial charge in [-0.15, -0.1) is 0 Å². The number of aromatic nitrogens is 1. The zero-order chi connectivity index (χ0) is 17.5. The van der Waals surface area contributed by atoms with Crippen LogP contribution in [0, 0.1) is 11.8 Å². The zero-order valence-electron chi connectivity index (χ0n) is 13.6. The number of fused-ring (bicyclic) bond motifs is 2. The molecular weight excluding hydrogens is 321 g/mol. The number of piperidine rings is 2. The second-order valence-corrected chi connectivity index (χ2v) is 6.83. The zero-order valence-corrected chi connectivity index (χ0v) is 13.6. The van der Waals surface area contributed by atoms with E-state index in [9.17, 15) is 22.8 Å². The largest absolute Gasteiger partial charge is 0.431 e. The van der Waals surface area contributed by atoms with Crippen LogP contribution in [0.4, 0.5) is 13.2 Å². The molecule has 3 heterocycles. The second kappa shape index (κ2) is 6.35. The first-order valence-corrected chi connectivity index (χ1v) is 8.36. The minimum absolute atomic E-state index is 0.0437. The van der Waals surface area contributed by atoms with Crippen molar-refractivity contribution in [3.05, 3.63) is 33.7 Å². The molecule has 1 aliphatic carbocycles. The molecule has 24 heavy (non-hydrogen) atoms. The summed E-state index contributed by atoms with van der Waals surface area (Å²) in [6, 6.07) is 1.85. The quantitative estimate of drug-likeness (QED) is 0.773. The summed E-state index contributed by atoms with van der Waals surface area (Å²) in [5.74, 6) is 0.868. The summed E-state index contributed by atoms with van der Waals surface area (Å²) in [7, 11) is 0. The molecule has 4 rings (SSSR count). The van der Waals surface area contributed by atoms with Crippen LogP contribution in [0.25, 0.3) is 0 Å². The van der Waals surface area contributed by atoms with Crippen molar-refractivity contribution in [2.45, 2.75) is 38.9 Å². The third-order valence-corrected chi connectivity index (χ3v) is 5.09. The normalized spacial score (nSPS) is 23.8. The lowest BCUT2D eigenvalue weighted by Crippen LogP contribution is -2.49. The van der Waals surface area contributed by atoms with Crippen LogP contribution in [0.2, 0.25) is 0 Å². The maximum absolute atomic E-state index is 13.2. The fourth-order valence-electron chi connectivity index (χ4n) is 3.85. The Bertz CT molecular complexity index is 680. The van der Waals surface area contributed by atoms with Crippen LogP contribution in [0.1, 0.15) is 42.2 Å². The highest BCUT2D eigenvalue weighted by Gasteiger charge is 2.38. The van der Waals surface area contributed by atoms with E-state index in [1.807, 2.05) is 0 Å². The molecule has 0 spiro atoms. The van der Waals surface area contributed by atoms with Crippen molar-refractivity contribution in [2.24, 2.45) is 11.8 Å². The molecule has 0 atom stereocenters. The number of halogens is 3. The molecule has 0 radical (unpaired) electrons. The summed E-state index contributed by atoms with van der Waals surface area (Å²) < 4.78 is 40.4. The predicted molar refractivity (Wildman–Crippen MR) is 83.0 cm³/mol. The molecule has 4 nitrogen and oxygen atoms in total. The van der Waals surface area contributed by atoms with Gasteiger partial charge < -0.3 is 9.47 Å². The van der Waals surface area contributed by atoms with Crippen LogP contribution in [-0.4, -0.2) is 34.9 Å². The number of hydrogen-bond donors (Lipinski definition) is 0. The smallest absolute Gasteiger partial charge is 0.303 e. The van der Waals surface area contributed by atoms with E-state index in [1.165, 1.54) is 12.8 Å². The number of nitrogens with zero attached hydrogens (tertiary/aromatic N) is 2. The minimum atomic E-state index is -4.61. The number of ketones is 1. The van der Waals surface area contributed by atoms with Gasteiger partial charge in [0.2, 0.25) is 0 Å². The Hall–Kier alpha value is -1.63. The molecular formula is C17H21F3N2O2. The summed E-state index contributed by atoms with van der Waals surface area (Å²) in [6.45, 7) is 3.72. The molecule has 0 aromatic carbocycles. The minimum Gasteiger partial charge on any atom is -0.303 e. The molecule has 2 saturated heterocycles. The average molecular weight is 342 g/mol. The van der Waals surface area contributed by atoms with Crippen LogP contribution < -0.4 is 5.56 Å². The molecule has 2 bridgehead atoms. The number of pyridine rings is 1. The molecule has 132 valence electrons. The Morgan fingerprint density at radius 3 is 2.33 bits per heavy atom. The standard InChI is InChI=1S/C17H21F3N2O2/c1-2-14(23)13-3-4-15(17(18,19)20)22(16(13)24)6-5-21-9-11-7-12(8-11)10-21/h3-4,11-12H,2,5-10H2,1H3. The van der Waals surface area contributed by atoms with Crippen LogP contribution in [0.3, 0.4) is 0 Å². The molecule has 3 aliphatic rings. The first kappa shape index (κ1) is 17.2. The van der Waals surface area contributed by atoms with Crippen molar-refractivity contribution < 1.29 is 18.0 Å². The van der Waals surface area contributed by atoms with E-state index in [4.69, 9.17) is 0 Å². The van der Waals surface area contributed by atoms with Gasteiger partial charge in [0.25, 0.3) is 5.56 Å². The third-order valence-electron chi connectivity index (χ3n) is 5.09. The number of Topliss-reactive ketones (excluding diaryl/α,β-unsaturated/α-hetero) is 1. The van der Waals surface area contributed by atoms with E-state index >= 15 is 0 Å². The van der Waals surface area contributed by atoms with Gasteiger partial charge in [0, 0.05) is 32.6 Å². The first-order chi connectivity index (χ1) is 11.3. The van der Waals surface area contributed by atoms with Gasteiger partial charge in [0.1, 0.15) is 5.69 Å². The molecule has 3 fully saturated rings. The highest BCUT2D eigenvalue weighted by atomic mass is 19.4. The van der Waals surface area contributed by atoms with Crippen molar-refractivity contribution >= 4 is 5.78 Å². The van der Waals surface area contributed by atoms with Gasteiger partial charge in [-0.25, -0.2) is 0 Å². The van der Waals surface area contributed by atoms with Gasteiger partial charge in [-0.1, -0.05) is 6.92 Å².